The van der Waals surface area contributed by atoms with Gasteiger partial charge in [0.1, 0.15) is 6.54 Å². The predicted molar refractivity (Wildman–Crippen MR) is 205 cm³/mol. The molecule has 272 valence electrons. The molecule has 0 aromatic carbocycles. The number of amidine groups is 1. The zero-order valence-electron chi connectivity index (χ0n) is 32.1. The lowest BCUT2D eigenvalue weighted by Crippen LogP contribution is -2.60. The first-order valence-corrected chi connectivity index (χ1v) is 21.2. The normalized spacial score (nSPS) is 17.0. The number of carbonyl (C=O) groups is 1. The third-order valence-electron chi connectivity index (χ3n) is 10.9. The number of unbranched alkanes of at least 4 members (excludes halogenated alkanes) is 29. The Kier molecular flexibility index (Phi) is 29.4. The van der Waals surface area contributed by atoms with E-state index >= 15 is 0 Å². The highest BCUT2D eigenvalue weighted by atomic mass is 16.1. The highest BCUT2D eigenvalue weighted by Crippen LogP contribution is 2.22. The maximum absolute atomic E-state index is 12.7. The highest BCUT2D eigenvalue weighted by molar-refractivity contribution is 5.78. The first-order chi connectivity index (χ1) is 22.5. The molecule has 1 aliphatic heterocycles. The van der Waals surface area contributed by atoms with Crippen LogP contribution < -0.4 is 5.32 Å². The average Bonchev–Trinajstić information content (AvgIpc) is 3.43. The first-order valence-electron chi connectivity index (χ1n) is 21.2. The third kappa shape index (κ3) is 23.4. The molecule has 0 aromatic rings. The predicted octanol–water partition coefficient (Wildman–Crippen LogP) is 13.2. The lowest BCUT2D eigenvalue weighted by molar-refractivity contribution is -0.843. The van der Waals surface area contributed by atoms with Gasteiger partial charge in [0, 0.05) is 19.8 Å². The van der Waals surface area contributed by atoms with Crippen LogP contribution in [0.1, 0.15) is 233 Å². The molecule has 2 atom stereocenters. The van der Waals surface area contributed by atoms with E-state index in [2.05, 4.69) is 33.1 Å². The number of nitrogens with zero attached hydrogens (tertiary/aromatic N) is 2. The van der Waals surface area contributed by atoms with Gasteiger partial charge in [-0.3, -0.25) is 9.28 Å². The molecule has 0 saturated carbocycles. The summed E-state index contributed by atoms with van der Waals surface area (Å²) in [6, 6.07) is 0. The standard InChI is InChI=1S/C42H83N3O/c1-5-7-9-11-13-15-17-19-21-23-24-26-28-30-32-34-36-41-43-38-39-45(41,4)40(3)44-42(46)37-35-33-31-29-27-25-22-20-18-16-14-12-10-8-6-2/h40H,5-39H2,1-4H3/p+1. The maximum atomic E-state index is 12.7. The number of hydrogen-bond acceptors (Lipinski definition) is 2. The van der Waals surface area contributed by atoms with Crippen LogP contribution in [0, 0.1) is 0 Å². The number of aliphatic imine (C=N–C) groups is 1. The molecular formula is C42H84N3O+. The molecule has 2 unspecified atom stereocenters. The van der Waals surface area contributed by atoms with E-state index in [4.69, 9.17) is 4.99 Å². The fourth-order valence-corrected chi connectivity index (χ4v) is 7.36. The van der Waals surface area contributed by atoms with Gasteiger partial charge in [-0.1, -0.05) is 200 Å². The molecule has 1 aliphatic rings. The lowest BCUT2D eigenvalue weighted by atomic mass is 10.0. The summed E-state index contributed by atoms with van der Waals surface area (Å²) in [5.74, 6) is 1.54. The Hall–Kier alpha value is -0.900. The number of rotatable bonds is 35. The summed E-state index contributed by atoms with van der Waals surface area (Å²) in [6.45, 7) is 8.71. The van der Waals surface area contributed by atoms with Gasteiger partial charge < -0.3 is 5.32 Å². The summed E-state index contributed by atoms with van der Waals surface area (Å²) >= 11 is 0. The summed E-state index contributed by atoms with van der Waals surface area (Å²) in [7, 11) is 2.29. The van der Waals surface area contributed by atoms with E-state index in [0.717, 1.165) is 30.4 Å². The summed E-state index contributed by atoms with van der Waals surface area (Å²) in [6.07, 6.45) is 44.8. The van der Waals surface area contributed by atoms with Gasteiger partial charge in [-0.25, -0.2) is 4.99 Å². The van der Waals surface area contributed by atoms with E-state index in [9.17, 15) is 4.79 Å². The summed E-state index contributed by atoms with van der Waals surface area (Å²) in [4.78, 5) is 17.7. The van der Waals surface area contributed by atoms with Gasteiger partial charge in [0.05, 0.1) is 13.6 Å². The zero-order valence-corrected chi connectivity index (χ0v) is 32.1. The van der Waals surface area contributed by atoms with Gasteiger partial charge in [0.2, 0.25) is 5.91 Å². The van der Waals surface area contributed by atoms with E-state index in [0.29, 0.717) is 6.42 Å². The van der Waals surface area contributed by atoms with E-state index < -0.39 is 0 Å². The van der Waals surface area contributed by atoms with Crippen molar-refractivity contribution in [1.82, 2.24) is 5.32 Å². The highest BCUT2D eigenvalue weighted by Gasteiger charge is 2.39. The van der Waals surface area contributed by atoms with Crippen LogP contribution in [0.25, 0.3) is 0 Å². The second-order valence-corrected chi connectivity index (χ2v) is 15.3. The van der Waals surface area contributed by atoms with Crippen molar-refractivity contribution in [3.8, 4) is 0 Å². The van der Waals surface area contributed by atoms with Gasteiger partial charge in [0.25, 0.3) is 0 Å². The second kappa shape index (κ2) is 31.4. The number of carbonyl (C=O) groups excluding carboxylic acids is 1. The van der Waals surface area contributed by atoms with Gasteiger partial charge in [-0.05, 0) is 12.8 Å². The topological polar surface area (TPSA) is 41.5 Å². The van der Waals surface area contributed by atoms with Crippen molar-refractivity contribution in [2.45, 2.75) is 239 Å². The molecule has 1 N–H and O–H groups in total. The molecule has 0 radical (unpaired) electrons. The van der Waals surface area contributed by atoms with E-state index in [1.807, 2.05) is 0 Å². The number of amides is 1. The molecule has 4 heteroatoms. The Balaban J connectivity index is 1.98. The largest absolute Gasteiger partial charge is 0.307 e. The second-order valence-electron chi connectivity index (χ2n) is 15.3. The molecule has 1 rings (SSSR count). The van der Waals surface area contributed by atoms with Gasteiger partial charge in [-0.15, -0.1) is 0 Å². The van der Waals surface area contributed by atoms with Gasteiger partial charge >= 0.3 is 0 Å². The Morgan fingerprint density at radius 2 is 0.891 bits per heavy atom. The molecule has 0 fully saturated rings. The van der Waals surface area contributed by atoms with Crippen molar-refractivity contribution in [3.63, 3.8) is 0 Å². The Morgan fingerprint density at radius 1 is 0.565 bits per heavy atom. The Labute approximate surface area is 289 Å². The van der Waals surface area contributed by atoms with E-state index in [-0.39, 0.29) is 12.1 Å². The molecule has 0 saturated heterocycles. The number of quaternary nitrogens is 1. The SMILES string of the molecule is CCCCCCCCCCCCCCCCCCC1=NCC[N+]1(C)C(C)NC(=O)CCCCCCCCCCCCCCCCC. The quantitative estimate of drug-likeness (QED) is 0.0540. The third-order valence-corrected chi connectivity index (χ3v) is 10.9. The fourth-order valence-electron chi connectivity index (χ4n) is 7.36. The monoisotopic (exact) mass is 647 g/mol. The van der Waals surface area contributed by atoms with Gasteiger partial charge in [-0.2, -0.15) is 0 Å². The molecule has 1 amide bonds. The smallest absolute Gasteiger partial charge is 0.224 e. The molecule has 46 heavy (non-hydrogen) atoms. The number of hydrogen-bond donors (Lipinski definition) is 1. The van der Waals surface area contributed by atoms with Crippen molar-refractivity contribution in [2.75, 3.05) is 20.1 Å². The van der Waals surface area contributed by atoms with Gasteiger partial charge in [0.15, 0.2) is 12.0 Å². The fraction of sp³-hybridized carbons (Fsp3) is 0.952. The summed E-state index contributed by atoms with van der Waals surface area (Å²) in [5, 5.41) is 3.35. The minimum atomic E-state index is 0.117. The zero-order chi connectivity index (χ0) is 33.4. The van der Waals surface area contributed by atoms with Crippen LogP contribution in [0.5, 0.6) is 0 Å². The minimum absolute atomic E-state index is 0.117. The van der Waals surface area contributed by atoms with Crippen molar-refractivity contribution in [3.05, 3.63) is 0 Å². The molecule has 0 spiro atoms. The van der Waals surface area contributed by atoms with Crippen LogP contribution in [0.3, 0.4) is 0 Å². The van der Waals surface area contributed by atoms with Crippen molar-refractivity contribution in [1.29, 1.82) is 0 Å². The molecule has 0 aromatic heterocycles. The average molecular weight is 647 g/mol. The molecule has 1 heterocycles. The Bertz CT molecular complexity index is 707. The van der Waals surface area contributed by atoms with Crippen LogP contribution in [-0.4, -0.2) is 42.5 Å². The number of nitrogens with one attached hydrogen (secondary N) is 1. The van der Waals surface area contributed by atoms with Crippen LogP contribution >= 0.6 is 0 Å². The minimum Gasteiger partial charge on any atom is -0.307 e. The summed E-state index contributed by atoms with van der Waals surface area (Å²) in [5.41, 5.74) is 0. The van der Waals surface area contributed by atoms with Crippen molar-refractivity contribution in [2.24, 2.45) is 4.99 Å². The Morgan fingerprint density at radius 3 is 1.26 bits per heavy atom. The lowest BCUT2D eigenvalue weighted by Gasteiger charge is -2.36. The molecule has 0 bridgehead atoms. The summed E-state index contributed by atoms with van der Waals surface area (Å²) < 4.78 is 0.809. The first kappa shape index (κ1) is 43.1. The van der Waals surface area contributed by atoms with Crippen LogP contribution in [-0.2, 0) is 4.79 Å². The van der Waals surface area contributed by atoms with Crippen LogP contribution in [0.4, 0.5) is 0 Å². The molecule has 4 nitrogen and oxygen atoms in total. The number of likely N-dealkylation sites (N-methyl/N-ethyl adjacent to an activating group) is 1. The van der Waals surface area contributed by atoms with E-state index in [1.165, 1.54) is 198 Å². The van der Waals surface area contributed by atoms with Crippen molar-refractivity contribution >= 4 is 11.7 Å². The van der Waals surface area contributed by atoms with Crippen LogP contribution in [0.15, 0.2) is 4.99 Å². The molecule has 0 aliphatic carbocycles. The maximum Gasteiger partial charge on any atom is 0.224 e. The van der Waals surface area contributed by atoms with Crippen LogP contribution in [0.2, 0.25) is 0 Å². The van der Waals surface area contributed by atoms with E-state index in [1.54, 1.807) is 0 Å². The molecular weight excluding hydrogens is 562 g/mol. The van der Waals surface area contributed by atoms with Crippen molar-refractivity contribution < 1.29 is 9.28 Å².